The van der Waals surface area contributed by atoms with Gasteiger partial charge in [0.1, 0.15) is 5.76 Å². The van der Waals surface area contributed by atoms with Crippen LogP contribution >= 0.6 is 23.2 Å². The summed E-state index contributed by atoms with van der Waals surface area (Å²) in [6.45, 7) is 3.48. The number of halogens is 2. The molecule has 1 aromatic carbocycles. The first-order chi connectivity index (χ1) is 8.37. The fourth-order valence-corrected chi connectivity index (χ4v) is 2.15. The van der Waals surface area contributed by atoms with Crippen LogP contribution in [0.2, 0.25) is 10.0 Å². The van der Waals surface area contributed by atoms with E-state index < -0.39 is 5.60 Å². The van der Waals surface area contributed by atoms with Crippen molar-refractivity contribution in [1.82, 2.24) is 0 Å². The number of ether oxygens (including phenoxy) is 1. The molecule has 0 unspecified atom stereocenters. The highest BCUT2D eigenvalue weighted by atomic mass is 35.5. The van der Waals surface area contributed by atoms with Crippen molar-refractivity contribution in [2.45, 2.75) is 19.4 Å². The molecule has 1 aromatic rings. The number of hydrogen-bond donors (Lipinski definition) is 0. The minimum absolute atomic E-state index is 0.0359. The van der Waals surface area contributed by atoms with Crippen molar-refractivity contribution in [3.05, 3.63) is 51.7 Å². The Balaban J connectivity index is 2.18. The summed E-state index contributed by atoms with van der Waals surface area (Å²) in [5.74, 6) is 0.507. The first-order valence-electron chi connectivity index (χ1n) is 5.46. The molecule has 0 N–H and O–H groups in total. The van der Waals surface area contributed by atoms with E-state index in [9.17, 15) is 4.79 Å². The molecule has 18 heavy (non-hydrogen) atoms. The summed E-state index contributed by atoms with van der Waals surface area (Å²) in [5, 5.41) is 1.14. The Hall–Kier alpha value is -1.25. The molecule has 0 bridgehead atoms. The van der Waals surface area contributed by atoms with Gasteiger partial charge in [-0.05, 0) is 43.7 Å². The minimum Gasteiger partial charge on any atom is -0.480 e. The first kappa shape index (κ1) is 13.2. The van der Waals surface area contributed by atoms with Gasteiger partial charge >= 0.3 is 0 Å². The Morgan fingerprint density at radius 1 is 1.11 bits per heavy atom. The Kier molecular flexibility index (Phi) is 3.51. The van der Waals surface area contributed by atoms with E-state index in [0.717, 1.165) is 5.56 Å². The number of hydrogen-bond acceptors (Lipinski definition) is 2. The smallest absolute Gasteiger partial charge is 0.202 e. The molecular weight excluding hydrogens is 271 g/mol. The van der Waals surface area contributed by atoms with Crippen LogP contribution in [0.4, 0.5) is 0 Å². The van der Waals surface area contributed by atoms with Gasteiger partial charge in [0.05, 0.1) is 0 Å². The highest BCUT2D eigenvalue weighted by Crippen LogP contribution is 2.26. The van der Waals surface area contributed by atoms with E-state index in [-0.39, 0.29) is 5.78 Å². The monoisotopic (exact) mass is 282 g/mol. The van der Waals surface area contributed by atoms with Crippen LogP contribution in [0.15, 0.2) is 36.1 Å². The third kappa shape index (κ3) is 2.95. The van der Waals surface area contributed by atoms with Gasteiger partial charge < -0.3 is 4.74 Å². The van der Waals surface area contributed by atoms with E-state index in [1.807, 2.05) is 0 Å². The van der Waals surface area contributed by atoms with Crippen LogP contribution in [-0.4, -0.2) is 11.4 Å². The summed E-state index contributed by atoms with van der Waals surface area (Å²) in [7, 11) is 0. The van der Waals surface area contributed by atoms with Crippen LogP contribution in [0.1, 0.15) is 19.4 Å². The van der Waals surface area contributed by atoms with Crippen molar-refractivity contribution in [1.29, 1.82) is 0 Å². The molecule has 94 valence electrons. The fourth-order valence-electron chi connectivity index (χ4n) is 1.61. The van der Waals surface area contributed by atoms with Crippen LogP contribution in [-0.2, 0) is 9.53 Å². The summed E-state index contributed by atoms with van der Waals surface area (Å²) >= 11 is 11.8. The molecule has 0 aromatic heterocycles. The molecule has 2 nitrogen and oxygen atoms in total. The zero-order chi connectivity index (χ0) is 13.3. The lowest BCUT2D eigenvalue weighted by Crippen LogP contribution is -2.27. The highest BCUT2D eigenvalue weighted by Gasteiger charge is 2.33. The number of ketones is 1. The molecule has 0 atom stereocenters. The Morgan fingerprint density at radius 2 is 1.72 bits per heavy atom. The predicted octanol–water partition coefficient (Wildman–Crippen LogP) is 4.27. The second kappa shape index (κ2) is 4.79. The molecule has 4 heteroatoms. The maximum atomic E-state index is 11.5. The van der Waals surface area contributed by atoms with E-state index >= 15 is 0 Å². The van der Waals surface area contributed by atoms with Crippen molar-refractivity contribution >= 4 is 35.1 Å². The Bertz CT molecular complexity index is 537. The zero-order valence-electron chi connectivity index (χ0n) is 10.0. The molecule has 1 aliphatic rings. The van der Waals surface area contributed by atoms with Crippen LogP contribution in [0.5, 0.6) is 0 Å². The lowest BCUT2D eigenvalue weighted by Gasteiger charge is -2.16. The molecule has 1 aliphatic heterocycles. The maximum absolute atomic E-state index is 11.5. The average molecular weight is 283 g/mol. The molecular formula is C14H12Cl2O2. The second-order valence-electron chi connectivity index (χ2n) is 4.56. The lowest BCUT2D eigenvalue weighted by molar-refractivity contribution is -0.126. The second-order valence-corrected chi connectivity index (χ2v) is 5.43. The summed E-state index contributed by atoms with van der Waals surface area (Å²) in [6.07, 6.45) is 5.02. The molecule has 1 heterocycles. The molecule has 0 saturated heterocycles. The molecule has 0 fully saturated rings. The quantitative estimate of drug-likeness (QED) is 0.810. The lowest BCUT2D eigenvalue weighted by atomic mass is 10.1. The van der Waals surface area contributed by atoms with Gasteiger partial charge in [0.2, 0.25) is 5.78 Å². The van der Waals surface area contributed by atoms with Gasteiger partial charge in [0.15, 0.2) is 5.60 Å². The third-order valence-electron chi connectivity index (χ3n) is 2.56. The number of allylic oxidation sites excluding steroid dienone is 1. The SMILES string of the molecule is CC1(C)OC(/C=C/c2cc(Cl)cc(Cl)c2)=CC1=O. The number of benzene rings is 1. The van der Waals surface area contributed by atoms with Crippen molar-refractivity contribution < 1.29 is 9.53 Å². The molecule has 0 saturated carbocycles. The van der Waals surface area contributed by atoms with Gasteiger partial charge in [-0.3, -0.25) is 4.79 Å². The molecule has 0 amide bonds. The topological polar surface area (TPSA) is 26.3 Å². The van der Waals surface area contributed by atoms with Crippen LogP contribution in [0.3, 0.4) is 0 Å². The van der Waals surface area contributed by atoms with Crippen LogP contribution in [0.25, 0.3) is 6.08 Å². The van der Waals surface area contributed by atoms with Gasteiger partial charge in [-0.2, -0.15) is 0 Å². The van der Waals surface area contributed by atoms with Gasteiger partial charge in [0, 0.05) is 16.1 Å². The van der Waals surface area contributed by atoms with Crippen molar-refractivity contribution in [2.75, 3.05) is 0 Å². The standard InChI is InChI=1S/C14H12Cl2O2/c1-14(2)13(17)8-12(18-14)4-3-9-5-10(15)7-11(16)6-9/h3-8H,1-2H3/b4-3+. The zero-order valence-corrected chi connectivity index (χ0v) is 11.5. The normalized spacial score (nSPS) is 18.0. The summed E-state index contributed by atoms with van der Waals surface area (Å²) in [4.78, 5) is 11.5. The minimum atomic E-state index is -0.772. The van der Waals surface area contributed by atoms with E-state index in [2.05, 4.69) is 0 Å². The molecule has 0 aliphatic carbocycles. The Morgan fingerprint density at radius 3 is 2.22 bits per heavy atom. The van der Waals surface area contributed by atoms with Crippen LogP contribution in [0, 0.1) is 0 Å². The largest absolute Gasteiger partial charge is 0.480 e. The van der Waals surface area contributed by atoms with Gasteiger partial charge in [-0.1, -0.05) is 29.3 Å². The van der Waals surface area contributed by atoms with Crippen molar-refractivity contribution in [2.24, 2.45) is 0 Å². The fraction of sp³-hybridized carbons (Fsp3) is 0.214. The van der Waals surface area contributed by atoms with Gasteiger partial charge in [-0.25, -0.2) is 0 Å². The molecule has 0 spiro atoms. The Labute approximate surface area is 116 Å². The number of carbonyl (C=O) groups is 1. The summed E-state index contributed by atoms with van der Waals surface area (Å²) < 4.78 is 5.50. The molecule has 2 rings (SSSR count). The number of carbonyl (C=O) groups excluding carboxylic acids is 1. The van der Waals surface area contributed by atoms with Crippen molar-refractivity contribution in [3.8, 4) is 0 Å². The number of rotatable bonds is 2. The van der Waals surface area contributed by atoms with E-state index in [1.54, 1.807) is 44.2 Å². The molecule has 0 radical (unpaired) electrons. The summed E-state index contributed by atoms with van der Waals surface area (Å²) in [5.41, 5.74) is 0.0835. The third-order valence-corrected chi connectivity index (χ3v) is 3.00. The van der Waals surface area contributed by atoms with E-state index in [4.69, 9.17) is 27.9 Å². The average Bonchev–Trinajstić information content (AvgIpc) is 2.49. The first-order valence-corrected chi connectivity index (χ1v) is 6.22. The van der Waals surface area contributed by atoms with Gasteiger partial charge in [0.25, 0.3) is 0 Å². The van der Waals surface area contributed by atoms with Crippen LogP contribution < -0.4 is 0 Å². The van der Waals surface area contributed by atoms with E-state index in [1.165, 1.54) is 6.08 Å². The van der Waals surface area contributed by atoms with Gasteiger partial charge in [-0.15, -0.1) is 0 Å². The maximum Gasteiger partial charge on any atom is 0.202 e. The highest BCUT2D eigenvalue weighted by molar-refractivity contribution is 6.34. The van der Waals surface area contributed by atoms with Crippen molar-refractivity contribution in [3.63, 3.8) is 0 Å². The van der Waals surface area contributed by atoms with E-state index in [0.29, 0.717) is 15.8 Å². The summed E-state index contributed by atoms with van der Waals surface area (Å²) in [6, 6.07) is 5.23. The predicted molar refractivity (Wildman–Crippen MR) is 73.8 cm³/mol.